The third-order valence-corrected chi connectivity index (χ3v) is 10.8. The molecule has 2 amide bonds. The third kappa shape index (κ3) is 7.46. The number of hydrogen-bond donors (Lipinski definition) is 2. The van der Waals surface area contributed by atoms with Crippen LogP contribution in [0.15, 0.2) is 71.2 Å². The van der Waals surface area contributed by atoms with E-state index in [1.54, 1.807) is 10.3 Å². The van der Waals surface area contributed by atoms with Gasteiger partial charge in [-0.1, -0.05) is 65.8 Å². The van der Waals surface area contributed by atoms with Crippen molar-refractivity contribution in [3.8, 4) is 0 Å². The number of rotatable bonds is 11. The van der Waals surface area contributed by atoms with Gasteiger partial charge in [0.1, 0.15) is 21.9 Å². The van der Waals surface area contributed by atoms with E-state index in [4.69, 9.17) is 20.0 Å². The van der Waals surface area contributed by atoms with E-state index < -0.39 is 34.4 Å². The van der Waals surface area contributed by atoms with Crippen LogP contribution in [-0.2, 0) is 28.7 Å². The lowest BCUT2D eigenvalue weighted by atomic mass is 10.00. The SMILES string of the molecule is CSC1(C(=O)OC(c2ccccc2)c2ccccc2)CS[C@@H]2C(NC(=O)C(=NOCOC(C)(C)C)c3csc(N)n3)C(=O)N2C1. The number of nitrogens with zero attached hydrogens (tertiary/aromatic N) is 3. The van der Waals surface area contributed by atoms with Crippen LogP contribution >= 0.6 is 34.9 Å². The van der Waals surface area contributed by atoms with Crippen molar-refractivity contribution in [1.29, 1.82) is 0 Å². The number of aromatic nitrogens is 1. The van der Waals surface area contributed by atoms with Gasteiger partial charge in [-0.05, 0) is 38.2 Å². The monoisotopic (exact) mass is 669 g/mol. The quantitative estimate of drug-likeness (QED) is 0.0766. The van der Waals surface area contributed by atoms with Crippen molar-refractivity contribution < 1.29 is 28.7 Å². The Morgan fingerprint density at radius 1 is 1.16 bits per heavy atom. The number of esters is 1. The van der Waals surface area contributed by atoms with Crippen LogP contribution in [0.2, 0.25) is 0 Å². The van der Waals surface area contributed by atoms with Gasteiger partial charge in [-0.3, -0.25) is 14.4 Å². The fourth-order valence-electron chi connectivity index (χ4n) is 4.79. The number of β-lactam (4-membered cyclic amide) rings is 1. The number of nitrogens with one attached hydrogen (secondary N) is 1. The van der Waals surface area contributed by atoms with Crippen molar-refractivity contribution in [2.24, 2.45) is 5.16 Å². The summed E-state index contributed by atoms with van der Waals surface area (Å²) in [4.78, 5) is 51.6. The lowest BCUT2D eigenvalue weighted by molar-refractivity contribution is -0.155. The van der Waals surface area contributed by atoms with Gasteiger partial charge in [0.25, 0.3) is 5.91 Å². The molecular formula is C31H35N5O6S3. The Hall–Kier alpha value is -3.59. The molecule has 2 aromatic carbocycles. The van der Waals surface area contributed by atoms with Crippen LogP contribution in [0, 0.1) is 0 Å². The van der Waals surface area contributed by atoms with Gasteiger partial charge < -0.3 is 30.3 Å². The second-order valence-electron chi connectivity index (χ2n) is 11.4. The van der Waals surface area contributed by atoms with Crippen molar-refractivity contribution >= 4 is 63.5 Å². The highest BCUT2D eigenvalue weighted by atomic mass is 32.2. The number of ether oxygens (including phenoxy) is 2. The van der Waals surface area contributed by atoms with Crippen LogP contribution in [0.3, 0.4) is 0 Å². The minimum absolute atomic E-state index is 0.123. The van der Waals surface area contributed by atoms with E-state index >= 15 is 0 Å². The van der Waals surface area contributed by atoms with E-state index in [0.29, 0.717) is 5.75 Å². The summed E-state index contributed by atoms with van der Waals surface area (Å²) >= 11 is 3.94. The zero-order valence-corrected chi connectivity index (χ0v) is 27.7. The molecule has 1 aromatic heterocycles. The molecule has 0 saturated carbocycles. The first-order valence-corrected chi connectivity index (χ1v) is 17.3. The highest BCUT2D eigenvalue weighted by Gasteiger charge is 2.58. The Labute approximate surface area is 274 Å². The number of carbonyl (C=O) groups excluding carboxylic acids is 3. The standard InChI is InChI=1S/C31H35N5O6S3/c1-30(2,3)40-18-41-35-22(21-15-44-29(32)33-21)25(37)34-23-26(38)36-16-31(43-4,17-45-27(23)36)28(39)42-24(19-11-7-5-8-12-19)20-13-9-6-10-14-20/h5-15,23-24,27H,16-18H2,1-4H3,(H2,32,33)(H,34,37)/t23?,27-,31?/m1/s1. The van der Waals surface area contributed by atoms with Crippen molar-refractivity contribution in [3.05, 3.63) is 82.9 Å². The Kier molecular flexibility index (Phi) is 10.1. The Morgan fingerprint density at radius 2 is 1.80 bits per heavy atom. The second kappa shape index (κ2) is 13.8. The summed E-state index contributed by atoms with van der Waals surface area (Å²) in [6, 6.07) is 18.3. The Bertz CT molecular complexity index is 1510. The molecule has 2 unspecified atom stereocenters. The molecule has 45 heavy (non-hydrogen) atoms. The number of carbonyl (C=O) groups is 3. The van der Waals surface area contributed by atoms with Crippen molar-refractivity contribution in [2.45, 2.75) is 48.6 Å². The minimum Gasteiger partial charge on any atom is -0.451 e. The van der Waals surface area contributed by atoms with E-state index in [9.17, 15) is 14.4 Å². The van der Waals surface area contributed by atoms with Crippen LogP contribution in [-0.4, -0.2) is 80.5 Å². The van der Waals surface area contributed by atoms with Crippen LogP contribution in [0.4, 0.5) is 5.13 Å². The molecule has 238 valence electrons. The first-order chi connectivity index (χ1) is 21.5. The molecule has 14 heteroatoms. The van der Waals surface area contributed by atoms with Gasteiger partial charge in [0, 0.05) is 17.7 Å². The molecule has 2 saturated heterocycles. The normalized spacial score (nSPS) is 21.6. The number of hydrogen-bond acceptors (Lipinski definition) is 12. The first-order valence-electron chi connectivity index (χ1n) is 14.2. The molecule has 0 aliphatic carbocycles. The lowest BCUT2D eigenvalue weighted by Gasteiger charge is -2.53. The number of fused-ring (bicyclic) bond motifs is 1. The molecule has 5 rings (SSSR count). The molecule has 11 nitrogen and oxygen atoms in total. The Balaban J connectivity index is 1.27. The summed E-state index contributed by atoms with van der Waals surface area (Å²) < 4.78 is 10.7. The Morgan fingerprint density at radius 3 is 2.36 bits per heavy atom. The minimum atomic E-state index is -0.987. The molecule has 3 N–H and O–H groups in total. The summed E-state index contributed by atoms with van der Waals surface area (Å²) in [5, 5.41) is 8.22. The van der Waals surface area contributed by atoms with E-state index in [1.807, 2.05) is 87.7 Å². The molecule has 2 fully saturated rings. The van der Waals surface area contributed by atoms with E-state index in [0.717, 1.165) is 22.5 Å². The average Bonchev–Trinajstić information content (AvgIpc) is 3.47. The van der Waals surface area contributed by atoms with Gasteiger partial charge in [-0.2, -0.15) is 0 Å². The smallest absolute Gasteiger partial charge is 0.325 e. The molecule has 0 bridgehead atoms. The highest BCUT2D eigenvalue weighted by molar-refractivity contribution is 8.04. The topological polar surface area (TPSA) is 145 Å². The summed E-state index contributed by atoms with van der Waals surface area (Å²) in [6.45, 7) is 5.56. The zero-order chi connectivity index (χ0) is 32.2. The predicted molar refractivity (Wildman–Crippen MR) is 177 cm³/mol. The number of thioether (sulfide) groups is 2. The van der Waals surface area contributed by atoms with Crippen molar-refractivity contribution in [1.82, 2.24) is 15.2 Å². The highest BCUT2D eigenvalue weighted by Crippen LogP contribution is 2.44. The third-order valence-electron chi connectivity index (χ3n) is 7.21. The maximum Gasteiger partial charge on any atom is 0.325 e. The number of nitrogens with two attached hydrogens (primary N) is 1. The average molecular weight is 670 g/mol. The van der Waals surface area contributed by atoms with Crippen LogP contribution in [0.1, 0.15) is 43.7 Å². The molecule has 0 spiro atoms. The number of anilines is 1. The van der Waals surface area contributed by atoms with Crippen LogP contribution in [0.25, 0.3) is 0 Å². The molecule has 2 aliphatic heterocycles. The molecule has 3 atom stereocenters. The number of benzene rings is 2. The summed E-state index contributed by atoms with van der Waals surface area (Å²) in [7, 11) is 0. The number of nitrogen functional groups attached to an aromatic ring is 1. The molecule has 0 radical (unpaired) electrons. The molecular weight excluding hydrogens is 635 g/mol. The van der Waals surface area contributed by atoms with Crippen LogP contribution in [0.5, 0.6) is 0 Å². The van der Waals surface area contributed by atoms with Gasteiger partial charge in [-0.15, -0.1) is 34.9 Å². The maximum absolute atomic E-state index is 13.9. The lowest BCUT2D eigenvalue weighted by Crippen LogP contribution is -2.75. The number of oxime groups is 1. The molecule has 3 heterocycles. The van der Waals surface area contributed by atoms with E-state index in [2.05, 4.69) is 15.5 Å². The van der Waals surface area contributed by atoms with E-state index in [-0.39, 0.29) is 41.2 Å². The molecule has 2 aliphatic rings. The van der Waals surface area contributed by atoms with Gasteiger partial charge in [0.05, 0.1) is 5.60 Å². The van der Waals surface area contributed by atoms with Gasteiger partial charge in [0.15, 0.2) is 16.9 Å². The van der Waals surface area contributed by atoms with E-state index in [1.165, 1.54) is 23.5 Å². The first kappa shape index (κ1) is 32.8. The predicted octanol–water partition coefficient (Wildman–Crippen LogP) is 4.05. The largest absolute Gasteiger partial charge is 0.451 e. The van der Waals surface area contributed by atoms with Gasteiger partial charge in [-0.25, -0.2) is 4.98 Å². The van der Waals surface area contributed by atoms with Crippen molar-refractivity contribution in [3.63, 3.8) is 0 Å². The second-order valence-corrected chi connectivity index (χ2v) is 14.6. The maximum atomic E-state index is 13.9. The fourth-order valence-corrected chi connectivity index (χ4v) is 7.88. The summed E-state index contributed by atoms with van der Waals surface area (Å²) in [6.07, 6.45) is 1.25. The fraction of sp³-hybridized carbons (Fsp3) is 0.387. The zero-order valence-electron chi connectivity index (χ0n) is 25.3. The number of thiazole rings is 1. The number of amides is 2. The summed E-state index contributed by atoms with van der Waals surface area (Å²) in [5.74, 6) is -0.946. The molecule has 3 aromatic rings. The van der Waals surface area contributed by atoms with Gasteiger partial charge in [0.2, 0.25) is 12.7 Å². The van der Waals surface area contributed by atoms with Crippen LogP contribution < -0.4 is 11.1 Å². The van der Waals surface area contributed by atoms with Crippen molar-refractivity contribution in [2.75, 3.05) is 31.1 Å². The summed E-state index contributed by atoms with van der Waals surface area (Å²) in [5.41, 5.74) is 7.13. The van der Waals surface area contributed by atoms with Gasteiger partial charge >= 0.3 is 5.97 Å².